The SMILES string of the molecule is C[C@H]1OC(=O)N(C)C1c1nc2c(C(=O)NC3CC4CCCC(C3)N4C)cccc2o1. The molecule has 0 saturated carbocycles. The van der Waals surface area contributed by atoms with Crippen LogP contribution in [0.2, 0.25) is 0 Å². The number of carbonyl (C=O) groups is 2. The summed E-state index contributed by atoms with van der Waals surface area (Å²) < 4.78 is 11.2. The van der Waals surface area contributed by atoms with Gasteiger partial charge in [-0.2, -0.15) is 0 Å². The zero-order valence-electron chi connectivity index (χ0n) is 17.6. The van der Waals surface area contributed by atoms with Gasteiger partial charge < -0.3 is 19.4 Å². The fourth-order valence-corrected chi connectivity index (χ4v) is 5.37. The van der Waals surface area contributed by atoms with E-state index in [0.717, 1.165) is 12.8 Å². The van der Waals surface area contributed by atoms with Crippen molar-refractivity contribution in [3.8, 4) is 0 Å². The van der Waals surface area contributed by atoms with Gasteiger partial charge in [0.2, 0.25) is 5.89 Å². The van der Waals surface area contributed by atoms with Crippen molar-refractivity contribution in [1.29, 1.82) is 0 Å². The summed E-state index contributed by atoms with van der Waals surface area (Å²) in [5, 5.41) is 3.24. The van der Waals surface area contributed by atoms with Crippen LogP contribution in [0.1, 0.15) is 61.3 Å². The average molecular weight is 412 g/mol. The van der Waals surface area contributed by atoms with Gasteiger partial charge in [-0.15, -0.1) is 0 Å². The Morgan fingerprint density at radius 2 is 1.93 bits per heavy atom. The molecule has 4 atom stereocenters. The molecule has 0 radical (unpaired) electrons. The lowest BCUT2D eigenvalue weighted by atomic mass is 9.82. The topological polar surface area (TPSA) is 87.9 Å². The summed E-state index contributed by atoms with van der Waals surface area (Å²) >= 11 is 0. The predicted molar refractivity (Wildman–Crippen MR) is 110 cm³/mol. The van der Waals surface area contributed by atoms with Crippen LogP contribution in [-0.4, -0.2) is 65.1 Å². The van der Waals surface area contributed by atoms with Crippen LogP contribution in [0.5, 0.6) is 0 Å². The molecule has 5 rings (SSSR count). The molecule has 3 aliphatic heterocycles. The van der Waals surface area contributed by atoms with Crippen LogP contribution in [0, 0.1) is 0 Å². The normalized spacial score (nSPS) is 31.8. The van der Waals surface area contributed by atoms with E-state index < -0.39 is 12.1 Å². The highest BCUT2D eigenvalue weighted by atomic mass is 16.6. The third-order valence-electron chi connectivity index (χ3n) is 7.04. The molecular formula is C22H28N4O4. The Morgan fingerprint density at radius 3 is 2.60 bits per heavy atom. The highest BCUT2D eigenvalue weighted by Crippen LogP contribution is 2.35. The van der Waals surface area contributed by atoms with E-state index in [2.05, 4.69) is 22.2 Å². The molecule has 3 unspecified atom stereocenters. The van der Waals surface area contributed by atoms with Crippen LogP contribution < -0.4 is 5.32 Å². The second-order valence-electron chi connectivity index (χ2n) is 8.89. The predicted octanol–water partition coefficient (Wildman–Crippen LogP) is 3.08. The summed E-state index contributed by atoms with van der Waals surface area (Å²) in [6.07, 6.45) is 4.89. The summed E-state index contributed by atoms with van der Waals surface area (Å²) in [5.74, 6) is 0.271. The van der Waals surface area contributed by atoms with Gasteiger partial charge in [0.15, 0.2) is 5.58 Å². The van der Waals surface area contributed by atoms with Crippen LogP contribution >= 0.6 is 0 Å². The van der Waals surface area contributed by atoms with Crippen LogP contribution in [0.3, 0.4) is 0 Å². The Balaban J connectivity index is 1.39. The van der Waals surface area contributed by atoms with Gasteiger partial charge in [-0.05, 0) is 51.8 Å². The number of cyclic esters (lactones) is 1. The quantitative estimate of drug-likeness (QED) is 0.834. The van der Waals surface area contributed by atoms with Gasteiger partial charge in [0.05, 0.1) is 5.56 Å². The van der Waals surface area contributed by atoms with Gasteiger partial charge in [0.25, 0.3) is 5.91 Å². The van der Waals surface area contributed by atoms with Crippen molar-refractivity contribution in [3.05, 3.63) is 29.7 Å². The van der Waals surface area contributed by atoms with Crippen molar-refractivity contribution in [2.75, 3.05) is 14.1 Å². The minimum absolute atomic E-state index is 0.117. The molecule has 30 heavy (non-hydrogen) atoms. The van der Waals surface area contributed by atoms with Crippen LogP contribution in [-0.2, 0) is 4.74 Å². The highest BCUT2D eigenvalue weighted by Gasteiger charge is 2.41. The van der Waals surface area contributed by atoms with Gasteiger partial charge in [-0.1, -0.05) is 12.5 Å². The summed E-state index contributed by atoms with van der Waals surface area (Å²) in [6, 6.07) is 6.25. The second-order valence-corrected chi connectivity index (χ2v) is 8.89. The first-order valence-electron chi connectivity index (χ1n) is 10.8. The van der Waals surface area contributed by atoms with Gasteiger partial charge in [0, 0.05) is 25.2 Å². The molecule has 4 heterocycles. The Kier molecular flexibility index (Phi) is 4.69. The molecular weight excluding hydrogens is 384 g/mol. The van der Waals surface area contributed by atoms with Crippen molar-refractivity contribution < 1.29 is 18.7 Å². The molecule has 1 N–H and O–H groups in total. The first-order chi connectivity index (χ1) is 14.4. The highest BCUT2D eigenvalue weighted by molar-refractivity contribution is 6.04. The number of ether oxygens (including phenoxy) is 1. The number of fused-ring (bicyclic) bond motifs is 3. The monoisotopic (exact) mass is 412 g/mol. The third-order valence-corrected chi connectivity index (χ3v) is 7.04. The summed E-state index contributed by atoms with van der Waals surface area (Å²) in [6.45, 7) is 1.81. The van der Waals surface area contributed by atoms with Crippen LogP contribution in [0.25, 0.3) is 11.1 Å². The molecule has 2 aromatic rings. The zero-order valence-corrected chi connectivity index (χ0v) is 17.6. The molecule has 3 aliphatic rings. The zero-order chi connectivity index (χ0) is 21.0. The number of benzene rings is 1. The average Bonchev–Trinajstić information content (AvgIpc) is 3.22. The summed E-state index contributed by atoms with van der Waals surface area (Å²) in [5.41, 5.74) is 1.57. The number of hydrogen-bond donors (Lipinski definition) is 1. The molecule has 3 saturated heterocycles. The smallest absolute Gasteiger partial charge is 0.410 e. The molecule has 8 nitrogen and oxygen atoms in total. The van der Waals surface area contributed by atoms with E-state index >= 15 is 0 Å². The molecule has 1 aromatic heterocycles. The van der Waals surface area contributed by atoms with Gasteiger partial charge in [0.1, 0.15) is 17.7 Å². The molecule has 0 spiro atoms. The lowest BCUT2D eigenvalue weighted by Gasteiger charge is -2.47. The number of nitrogens with zero attached hydrogens (tertiary/aromatic N) is 3. The standard InChI is InChI=1S/C22H28N4O4/c1-12-19(26(3)22(28)29-12)21-24-18-16(8-5-9-17(18)30-21)20(27)23-13-10-14-6-4-7-15(11-13)25(14)2/h5,8-9,12-15,19H,4,6-7,10-11H2,1-3H3,(H,23,27)/t12-,13?,14?,15?,19?/m1/s1. The minimum Gasteiger partial charge on any atom is -0.444 e. The third kappa shape index (κ3) is 3.14. The van der Waals surface area contributed by atoms with E-state index in [4.69, 9.17) is 9.15 Å². The Hall–Kier alpha value is -2.61. The maximum Gasteiger partial charge on any atom is 0.410 e. The molecule has 0 aliphatic carbocycles. The molecule has 160 valence electrons. The van der Waals surface area contributed by atoms with Crippen molar-refractivity contribution >= 4 is 23.1 Å². The van der Waals surface area contributed by atoms with Gasteiger partial charge in [-0.25, -0.2) is 9.78 Å². The second kappa shape index (κ2) is 7.27. The summed E-state index contributed by atoms with van der Waals surface area (Å²) in [7, 11) is 3.87. The maximum atomic E-state index is 13.1. The van der Waals surface area contributed by atoms with E-state index in [0.29, 0.717) is 34.6 Å². The number of aromatic nitrogens is 1. The Bertz CT molecular complexity index is 975. The molecule has 3 fully saturated rings. The van der Waals surface area contributed by atoms with E-state index in [1.165, 1.54) is 24.2 Å². The largest absolute Gasteiger partial charge is 0.444 e. The van der Waals surface area contributed by atoms with Crippen molar-refractivity contribution in [1.82, 2.24) is 20.1 Å². The van der Waals surface area contributed by atoms with E-state index in [-0.39, 0.29) is 18.1 Å². The van der Waals surface area contributed by atoms with E-state index in [1.54, 1.807) is 25.2 Å². The number of piperidine rings is 2. The molecule has 2 amide bonds. The van der Waals surface area contributed by atoms with Crippen molar-refractivity contribution in [2.24, 2.45) is 0 Å². The van der Waals surface area contributed by atoms with Crippen molar-refractivity contribution in [2.45, 2.75) is 69.3 Å². The number of amides is 2. The Morgan fingerprint density at radius 1 is 1.20 bits per heavy atom. The number of rotatable bonds is 3. The van der Waals surface area contributed by atoms with Gasteiger partial charge in [-0.3, -0.25) is 9.69 Å². The number of hydrogen-bond acceptors (Lipinski definition) is 6. The lowest BCUT2D eigenvalue weighted by Crippen LogP contribution is -2.55. The molecule has 8 heteroatoms. The van der Waals surface area contributed by atoms with Crippen LogP contribution in [0.4, 0.5) is 4.79 Å². The van der Waals surface area contributed by atoms with Gasteiger partial charge >= 0.3 is 6.09 Å². The van der Waals surface area contributed by atoms with E-state index in [9.17, 15) is 9.59 Å². The lowest BCUT2D eigenvalue weighted by molar-refractivity contribution is 0.0463. The first-order valence-corrected chi connectivity index (χ1v) is 10.8. The fraction of sp³-hybridized carbons (Fsp3) is 0.591. The minimum atomic E-state index is -0.408. The van der Waals surface area contributed by atoms with Crippen molar-refractivity contribution in [3.63, 3.8) is 0 Å². The number of carbonyl (C=O) groups excluding carboxylic acids is 2. The fourth-order valence-electron chi connectivity index (χ4n) is 5.37. The van der Waals surface area contributed by atoms with Crippen LogP contribution in [0.15, 0.2) is 22.6 Å². The van der Waals surface area contributed by atoms with E-state index in [1.807, 2.05) is 6.92 Å². The molecule has 1 aromatic carbocycles. The summed E-state index contributed by atoms with van der Waals surface area (Å²) in [4.78, 5) is 33.6. The maximum absolute atomic E-state index is 13.1. The number of para-hydroxylation sites is 1. The number of oxazole rings is 1. The first kappa shape index (κ1) is 19.4. The number of nitrogens with one attached hydrogen (secondary N) is 1. The molecule has 2 bridgehead atoms. The Labute approximate surface area is 175 Å². The number of likely N-dealkylation sites (N-methyl/N-ethyl adjacent to an activating group) is 1.